The Hall–Kier alpha value is -1.43. The number of aromatic hydroxyl groups is 1. The van der Waals surface area contributed by atoms with Crippen molar-refractivity contribution in [1.82, 2.24) is 0 Å². The Balaban J connectivity index is 2.43. The van der Waals surface area contributed by atoms with Crippen LogP contribution in [0.5, 0.6) is 5.75 Å². The normalized spacial score (nSPS) is 10.9. The highest BCUT2D eigenvalue weighted by Crippen LogP contribution is 2.22. The second-order valence-corrected chi connectivity index (χ2v) is 6.57. The third-order valence-electron chi connectivity index (χ3n) is 2.78. The number of halogens is 3. The van der Waals surface area contributed by atoms with Gasteiger partial charge in [0.05, 0.1) is 10.0 Å². The molecule has 0 saturated carbocycles. The van der Waals surface area contributed by atoms with E-state index < -0.39 is 17.0 Å². The van der Waals surface area contributed by atoms with E-state index in [1.165, 1.54) is 18.2 Å². The summed E-state index contributed by atoms with van der Waals surface area (Å²) in [5.41, 5.74) is 0.00861. The van der Waals surface area contributed by atoms with Crippen LogP contribution in [0.1, 0.15) is 15.9 Å². The average molecular weight is 445 g/mol. The third kappa shape index (κ3) is 4.06. The lowest BCUT2D eigenvalue weighted by atomic mass is 10.1. The molecule has 0 aromatic heterocycles. The lowest BCUT2D eigenvalue weighted by Crippen LogP contribution is -2.03. The van der Waals surface area contributed by atoms with Crippen LogP contribution in [0.3, 0.4) is 0 Å². The minimum atomic E-state index is -0.648. The van der Waals surface area contributed by atoms with E-state index in [1.54, 1.807) is 30.3 Å². The van der Waals surface area contributed by atoms with Gasteiger partial charge in [0.1, 0.15) is 0 Å². The zero-order valence-corrected chi connectivity index (χ0v) is 14.9. The minimum absolute atomic E-state index is 0.0825. The molecule has 0 aliphatic carbocycles. The Labute approximate surface area is 148 Å². The van der Waals surface area contributed by atoms with Gasteiger partial charge in [-0.25, -0.2) is 0 Å². The predicted octanol–water partition coefficient (Wildman–Crippen LogP) is 4.83. The molecule has 0 saturated heterocycles. The van der Waals surface area contributed by atoms with Crippen LogP contribution in [0.2, 0.25) is 5.02 Å². The molecule has 22 heavy (non-hydrogen) atoms. The molecule has 2 aromatic carbocycles. The lowest BCUT2D eigenvalue weighted by molar-refractivity contribution is 0.104. The molecular formula is C16H9Br2ClO3. The summed E-state index contributed by atoms with van der Waals surface area (Å²) in [5, 5.41) is 10.5. The molecule has 2 rings (SSSR count). The highest BCUT2D eigenvalue weighted by molar-refractivity contribution is 9.11. The predicted molar refractivity (Wildman–Crippen MR) is 94.6 cm³/mol. The first-order valence-corrected chi connectivity index (χ1v) is 8.05. The summed E-state index contributed by atoms with van der Waals surface area (Å²) in [7, 11) is 0. The van der Waals surface area contributed by atoms with Crippen LogP contribution in [-0.2, 0) is 0 Å². The molecule has 0 spiro atoms. The van der Waals surface area contributed by atoms with E-state index in [4.69, 9.17) is 11.6 Å². The Morgan fingerprint density at radius 3 is 2.59 bits per heavy atom. The first-order valence-electron chi connectivity index (χ1n) is 6.09. The highest BCUT2D eigenvalue weighted by Gasteiger charge is 2.13. The van der Waals surface area contributed by atoms with E-state index >= 15 is 0 Å². The Bertz CT molecular complexity index is 832. The molecule has 0 amide bonds. The summed E-state index contributed by atoms with van der Waals surface area (Å²) >= 11 is 12.1. The van der Waals surface area contributed by atoms with E-state index in [0.717, 1.165) is 5.56 Å². The number of benzene rings is 1. The Morgan fingerprint density at radius 2 is 1.91 bits per heavy atom. The van der Waals surface area contributed by atoms with Gasteiger partial charge in [-0.05, 0) is 51.8 Å². The van der Waals surface area contributed by atoms with Gasteiger partial charge in [0.15, 0.2) is 11.5 Å². The van der Waals surface area contributed by atoms with Crippen LogP contribution >= 0.6 is 43.5 Å². The number of hydrogen-bond acceptors (Lipinski definition) is 3. The van der Waals surface area contributed by atoms with Crippen molar-refractivity contribution in [1.29, 1.82) is 0 Å². The Kier molecular flexibility index (Phi) is 5.56. The van der Waals surface area contributed by atoms with E-state index in [0.29, 0.717) is 9.50 Å². The standard InChI is InChI=1S/C16H9Br2ClO3/c17-10-7-12(15(21)16(22)13(18)8-10)14(20)5-4-9-2-1-3-11(19)6-9/h1-8H,(H,21,22). The zero-order valence-electron chi connectivity index (χ0n) is 11.0. The summed E-state index contributed by atoms with van der Waals surface area (Å²) in [6.07, 6.45) is 2.84. The fourth-order valence-electron chi connectivity index (χ4n) is 1.73. The molecule has 0 atom stereocenters. The van der Waals surface area contributed by atoms with Crippen molar-refractivity contribution >= 4 is 55.3 Å². The first kappa shape index (κ1) is 16.9. The van der Waals surface area contributed by atoms with Crippen LogP contribution in [0.4, 0.5) is 0 Å². The van der Waals surface area contributed by atoms with Crippen LogP contribution in [0.25, 0.3) is 6.08 Å². The molecule has 0 aliphatic heterocycles. The number of hydrogen-bond donors (Lipinski definition) is 1. The van der Waals surface area contributed by atoms with Crippen molar-refractivity contribution in [2.24, 2.45) is 0 Å². The lowest BCUT2D eigenvalue weighted by Gasteiger charge is -1.97. The van der Waals surface area contributed by atoms with Gasteiger partial charge in [-0.3, -0.25) is 9.59 Å². The fourth-order valence-corrected chi connectivity index (χ4v) is 3.13. The summed E-state index contributed by atoms with van der Waals surface area (Å²) in [5.74, 6) is -1.09. The maximum atomic E-state index is 12.2. The van der Waals surface area contributed by atoms with Crippen LogP contribution in [-0.4, -0.2) is 10.9 Å². The van der Waals surface area contributed by atoms with Gasteiger partial charge in [0.25, 0.3) is 0 Å². The van der Waals surface area contributed by atoms with Crippen molar-refractivity contribution in [3.05, 3.63) is 77.8 Å². The maximum Gasteiger partial charge on any atom is 0.235 e. The first-order chi connectivity index (χ1) is 10.4. The molecule has 0 heterocycles. The third-order valence-corrected chi connectivity index (χ3v) is 4.06. The van der Waals surface area contributed by atoms with Crippen molar-refractivity contribution in [2.45, 2.75) is 0 Å². The van der Waals surface area contributed by atoms with E-state index in [2.05, 4.69) is 31.9 Å². The summed E-state index contributed by atoms with van der Waals surface area (Å²) in [4.78, 5) is 24.1. The van der Waals surface area contributed by atoms with E-state index in [9.17, 15) is 14.7 Å². The Morgan fingerprint density at radius 1 is 1.18 bits per heavy atom. The van der Waals surface area contributed by atoms with Gasteiger partial charge >= 0.3 is 0 Å². The second kappa shape index (κ2) is 7.22. The number of carbonyl (C=O) groups excluding carboxylic acids is 1. The maximum absolute atomic E-state index is 12.2. The number of ketones is 1. The van der Waals surface area contributed by atoms with Crippen molar-refractivity contribution in [2.75, 3.05) is 0 Å². The van der Waals surface area contributed by atoms with Gasteiger partial charge in [-0.15, -0.1) is 0 Å². The summed E-state index contributed by atoms with van der Waals surface area (Å²) in [6.45, 7) is 0. The average Bonchev–Trinajstić information content (AvgIpc) is 2.57. The van der Waals surface area contributed by atoms with Crippen molar-refractivity contribution < 1.29 is 9.90 Å². The summed E-state index contributed by atoms with van der Waals surface area (Å²) < 4.78 is 0.658. The smallest absolute Gasteiger partial charge is 0.235 e. The molecule has 0 aliphatic rings. The van der Waals surface area contributed by atoms with E-state index in [-0.39, 0.29) is 10.0 Å². The number of allylic oxidation sites excluding steroid dienone is 1. The molecule has 112 valence electrons. The topological polar surface area (TPSA) is 54.4 Å². The molecular weight excluding hydrogens is 435 g/mol. The van der Waals surface area contributed by atoms with Gasteiger partial charge in [-0.2, -0.15) is 0 Å². The van der Waals surface area contributed by atoms with Crippen molar-refractivity contribution in [3.63, 3.8) is 0 Å². The molecule has 2 aromatic rings. The number of rotatable bonds is 3. The number of carbonyl (C=O) groups is 1. The SMILES string of the molecule is O=C(C=Cc1cccc(Cl)c1)c1cc(Br)cc(Br)c(=O)c1O. The molecule has 0 unspecified atom stereocenters. The minimum Gasteiger partial charge on any atom is -0.504 e. The van der Waals surface area contributed by atoms with Gasteiger partial charge in [-0.1, -0.05) is 45.7 Å². The second-order valence-electron chi connectivity index (χ2n) is 4.37. The quantitative estimate of drug-likeness (QED) is 0.545. The molecule has 1 N–H and O–H groups in total. The molecule has 6 heteroatoms. The molecule has 3 nitrogen and oxygen atoms in total. The molecule has 0 radical (unpaired) electrons. The monoisotopic (exact) mass is 442 g/mol. The molecule has 0 bridgehead atoms. The van der Waals surface area contributed by atoms with Crippen molar-refractivity contribution in [3.8, 4) is 5.75 Å². The van der Waals surface area contributed by atoms with Gasteiger partial charge in [0.2, 0.25) is 5.43 Å². The zero-order chi connectivity index (χ0) is 16.3. The van der Waals surface area contributed by atoms with E-state index in [1.807, 2.05) is 0 Å². The molecule has 0 fully saturated rings. The fraction of sp³-hybridized carbons (Fsp3) is 0. The van der Waals surface area contributed by atoms with Crippen LogP contribution in [0, 0.1) is 0 Å². The largest absolute Gasteiger partial charge is 0.504 e. The van der Waals surface area contributed by atoms with Gasteiger partial charge < -0.3 is 5.11 Å². The van der Waals surface area contributed by atoms with Gasteiger partial charge in [0, 0.05) is 9.50 Å². The highest BCUT2D eigenvalue weighted by atomic mass is 79.9. The van der Waals surface area contributed by atoms with Crippen LogP contribution in [0.15, 0.2) is 56.2 Å². The van der Waals surface area contributed by atoms with Crippen LogP contribution < -0.4 is 5.43 Å². The summed E-state index contributed by atoms with van der Waals surface area (Å²) in [6, 6.07) is 9.83.